The topological polar surface area (TPSA) is 125 Å². The summed E-state index contributed by atoms with van der Waals surface area (Å²) in [4.78, 5) is 22.5. The zero-order chi connectivity index (χ0) is 19.3. The van der Waals surface area contributed by atoms with E-state index in [1.165, 1.54) is 19.3 Å². The van der Waals surface area contributed by atoms with Crippen molar-refractivity contribution in [2.75, 3.05) is 12.4 Å². The Morgan fingerprint density at radius 3 is 2.54 bits per heavy atom. The number of carbonyl (C=O) groups is 1. The van der Waals surface area contributed by atoms with E-state index in [1.54, 1.807) is 30.3 Å². The van der Waals surface area contributed by atoms with Gasteiger partial charge in [0.1, 0.15) is 11.6 Å². The van der Waals surface area contributed by atoms with Crippen molar-refractivity contribution in [3.05, 3.63) is 63.2 Å². The number of methoxy groups -OCH3 is 1. The molecule has 0 heterocycles. The molecule has 0 aromatic heterocycles. The van der Waals surface area contributed by atoms with Crippen molar-refractivity contribution in [1.82, 2.24) is 0 Å². The third-order valence-corrected chi connectivity index (χ3v) is 3.48. The lowest BCUT2D eigenvalue weighted by atomic mass is 10.1. The van der Waals surface area contributed by atoms with E-state index >= 15 is 0 Å². The molecule has 0 saturated heterocycles. The molecule has 2 aromatic rings. The van der Waals surface area contributed by atoms with Gasteiger partial charge in [-0.3, -0.25) is 14.9 Å². The first kappa shape index (κ1) is 18.5. The SMILES string of the molecule is COc1cc(/C=C(\C#N)C(=O)Nc2ccc(C)cc2)cc([N+](=O)[O-])c1O. The summed E-state index contributed by atoms with van der Waals surface area (Å²) in [5, 5.41) is 32.6. The van der Waals surface area contributed by atoms with Crippen LogP contribution in [-0.4, -0.2) is 23.0 Å². The number of aromatic hydroxyl groups is 1. The van der Waals surface area contributed by atoms with E-state index in [2.05, 4.69) is 5.32 Å². The smallest absolute Gasteiger partial charge is 0.315 e. The molecular formula is C18H15N3O5. The van der Waals surface area contributed by atoms with E-state index in [-0.39, 0.29) is 16.9 Å². The molecule has 8 nitrogen and oxygen atoms in total. The molecule has 0 aliphatic rings. The highest BCUT2D eigenvalue weighted by Crippen LogP contribution is 2.37. The Balaban J connectivity index is 2.37. The molecule has 0 atom stereocenters. The van der Waals surface area contributed by atoms with Crippen molar-refractivity contribution in [2.24, 2.45) is 0 Å². The van der Waals surface area contributed by atoms with Gasteiger partial charge in [-0.05, 0) is 36.8 Å². The number of rotatable bonds is 5. The number of aryl methyl sites for hydroxylation is 1. The number of phenols is 1. The van der Waals surface area contributed by atoms with Crippen molar-refractivity contribution in [3.8, 4) is 17.6 Å². The fourth-order valence-electron chi connectivity index (χ4n) is 2.14. The van der Waals surface area contributed by atoms with Crippen LogP contribution < -0.4 is 10.1 Å². The van der Waals surface area contributed by atoms with Gasteiger partial charge in [-0.2, -0.15) is 5.26 Å². The third-order valence-electron chi connectivity index (χ3n) is 3.48. The maximum atomic E-state index is 12.3. The number of hydrogen-bond donors (Lipinski definition) is 2. The van der Waals surface area contributed by atoms with Crippen molar-refractivity contribution >= 4 is 23.4 Å². The molecule has 0 radical (unpaired) electrons. The summed E-state index contributed by atoms with van der Waals surface area (Å²) >= 11 is 0. The maximum Gasteiger partial charge on any atom is 0.315 e. The highest BCUT2D eigenvalue weighted by Gasteiger charge is 2.20. The van der Waals surface area contributed by atoms with Crippen LogP contribution in [0.4, 0.5) is 11.4 Å². The fourth-order valence-corrected chi connectivity index (χ4v) is 2.14. The molecule has 0 aliphatic carbocycles. The van der Waals surface area contributed by atoms with Crippen LogP contribution in [0.15, 0.2) is 42.0 Å². The second-order valence-corrected chi connectivity index (χ2v) is 5.34. The molecule has 2 rings (SSSR count). The van der Waals surface area contributed by atoms with E-state index in [0.29, 0.717) is 5.69 Å². The summed E-state index contributed by atoms with van der Waals surface area (Å²) in [7, 11) is 1.24. The lowest BCUT2D eigenvalue weighted by molar-refractivity contribution is -0.386. The van der Waals surface area contributed by atoms with Gasteiger partial charge in [0.05, 0.1) is 12.0 Å². The lowest BCUT2D eigenvalue weighted by Gasteiger charge is -2.07. The number of phenolic OH excluding ortho intramolecular Hbond substituents is 1. The summed E-state index contributed by atoms with van der Waals surface area (Å²) < 4.78 is 4.89. The van der Waals surface area contributed by atoms with Crippen molar-refractivity contribution in [2.45, 2.75) is 6.92 Å². The van der Waals surface area contributed by atoms with Crippen LogP contribution in [0.25, 0.3) is 6.08 Å². The van der Waals surface area contributed by atoms with Crippen molar-refractivity contribution < 1.29 is 19.6 Å². The standard InChI is InChI=1S/C18H15N3O5/c1-11-3-5-14(6-4-11)20-18(23)13(10-19)7-12-8-15(21(24)25)17(22)16(9-12)26-2/h3-9,22H,1-2H3,(H,20,23)/b13-7+. The molecule has 0 aliphatic heterocycles. The number of nitriles is 1. The normalized spacial score (nSPS) is 10.7. The molecule has 132 valence electrons. The molecule has 0 saturated carbocycles. The van der Waals surface area contributed by atoms with Crippen LogP contribution in [0.1, 0.15) is 11.1 Å². The second-order valence-electron chi connectivity index (χ2n) is 5.34. The minimum Gasteiger partial charge on any atom is -0.500 e. The minimum atomic E-state index is -0.784. The van der Waals surface area contributed by atoms with Gasteiger partial charge in [-0.1, -0.05) is 17.7 Å². The molecule has 0 fully saturated rings. The van der Waals surface area contributed by atoms with Gasteiger partial charge in [0.15, 0.2) is 5.75 Å². The molecule has 8 heteroatoms. The Morgan fingerprint density at radius 2 is 2.00 bits per heavy atom. The molecule has 0 unspecified atom stereocenters. The predicted octanol–water partition coefficient (Wildman–Crippen LogP) is 3.16. The Labute approximate surface area is 149 Å². The van der Waals surface area contributed by atoms with Crippen LogP contribution in [0.5, 0.6) is 11.5 Å². The summed E-state index contributed by atoms with van der Waals surface area (Å²) in [6.45, 7) is 1.90. The maximum absolute atomic E-state index is 12.3. The highest BCUT2D eigenvalue weighted by atomic mass is 16.6. The number of ether oxygens (including phenoxy) is 1. The Kier molecular flexibility index (Phi) is 5.55. The van der Waals surface area contributed by atoms with Gasteiger partial charge >= 0.3 is 5.69 Å². The van der Waals surface area contributed by atoms with Crippen LogP contribution >= 0.6 is 0 Å². The quantitative estimate of drug-likeness (QED) is 0.368. The minimum absolute atomic E-state index is 0.137. The van der Waals surface area contributed by atoms with Crippen molar-refractivity contribution in [3.63, 3.8) is 0 Å². The number of benzene rings is 2. The lowest BCUT2D eigenvalue weighted by Crippen LogP contribution is -2.13. The number of hydrogen-bond acceptors (Lipinski definition) is 6. The zero-order valence-electron chi connectivity index (χ0n) is 14.0. The molecule has 0 spiro atoms. The van der Waals surface area contributed by atoms with Gasteiger partial charge < -0.3 is 15.2 Å². The molecular weight excluding hydrogens is 338 g/mol. The summed E-state index contributed by atoms with van der Waals surface area (Å²) in [6, 6.07) is 11.1. The predicted molar refractivity (Wildman–Crippen MR) is 94.7 cm³/mol. The van der Waals surface area contributed by atoms with E-state index in [0.717, 1.165) is 11.6 Å². The highest BCUT2D eigenvalue weighted by molar-refractivity contribution is 6.09. The number of nitro benzene ring substituents is 1. The number of nitrogens with zero attached hydrogens (tertiary/aromatic N) is 2. The van der Waals surface area contributed by atoms with E-state index in [1.807, 2.05) is 6.92 Å². The number of nitro groups is 1. The van der Waals surface area contributed by atoms with Gasteiger partial charge in [-0.25, -0.2) is 0 Å². The van der Waals surface area contributed by atoms with Gasteiger partial charge in [0, 0.05) is 11.8 Å². The summed E-state index contributed by atoms with van der Waals surface area (Å²) in [5.41, 5.74) is 0.847. The molecule has 2 N–H and O–H groups in total. The van der Waals surface area contributed by atoms with E-state index in [4.69, 9.17) is 4.74 Å². The monoisotopic (exact) mass is 353 g/mol. The molecule has 2 aromatic carbocycles. The van der Waals surface area contributed by atoms with Crippen LogP contribution in [0, 0.1) is 28.4 Å². The van der Waals surface area contributed by atoms with Crippen LogP contribution in [0.2, 0.25) is 0 Å². The van der Waals surface area contributed by atoms with Gasteiger partial charge in [-0.15, -0.1) is 0 Å². The number of amides is 1. The van der Waals surface area contributed by atoms with Crippen molar-refractivity contribution in [1.29, 1.82) is 5.26 Å². The van der Waals surface area contributed by atoms with Gasteiger partial charge in [0.25, 0.3) is 5.91 Å². The molecule has 0 bridgehead atoms. The molecule has 26 heavy (non-hydrogen) atoms. The average molecular weight is 353 g/mol. The zero-order valence-corrected chi connectivity index (χ0v) is 14.0. The van der Waals surface area contributed by atoms with Crippen LogP contribution in [0.3, 0.4) is 0 Å². The first-order chi connectivity index (χ1) is 12.3. The molecule has 1 amide bonds. The largest absolute Gasteiger partial charge is 0.500 e. The number of anilines is 1. The Bertz CT molecular complexity index is 927. The summed E-state index contributed by atoms with van der Waals surface area (Å²) in [5.74, 6) is -1.43. The third kappa shape index (κ3) is 4.15. The Hall–Kier alpha value is -3.86. The van der Waals surface area contributed by atoms with E-state index < -0.39 is 22.3 Å². The average Bonchev–Trinajstić information content (AvgIpc) is 2.62. The second kappa shape index (κ2) is 7.81. The summed E-state index contributed by atoms with van der Waals surface area (Å²) in [6.07, 6.45) is 1.18. The first-order valence-corrected chi connectivity index (χ1v) is 7.41. The van der Waals surface area contributed by atoms with Gasteiger partial charge in [0.2, 0.25) is 5.75 Å². The number of nitrogens with one attached hydrogen (secondary N) is 1. The van der Waals surface area contributed by atoms with Crippen LogP contribution in [-0.2, 0) is 4.79 Å². The van der Waals surface area contributed by atoms with E-state index in [9.17, 15) is 25.3 Å². The Morgan fingerprint density at radius 1 is 1.35 bits per heavy atom. The number of carbonyl (C=O) groups excluding carboxylic acids is 1. The first-order valence-electron chi connectivity index (χ1n) is 7.41. The fraction of sp³-hybridized carbons (Fsp3) is 0.111.